The smallest absolute Gasteiger partial charge is 0.158 e. The lowest BCUT2D eigenvalue weighted by atomic mass is 10.0. The van der Waals surface area contributed by atoms with Gasteiger partial charge in [0.2, 0.25) is 0 Å². The quantitative estimate of drug-likeness (QED) is 0.696. The van der Waals surface area contributed by atoms with E-state index in [2.05, 4.69) is 27.0 Å². The van der Waals surface area contributed by atoms with Crippen molar-refractivity contribution in [3.63, 3.8) is 0 Å². The summed E-state index contributed by atoms with van der Waals surface area (Å²) in [4.78, 5) is 11.8. The second-order valence-electron chi connectivity index (χ2n) is 7.25. The first-order chi connectivity index (χ1) is 12.6. The van der Waals surface area contributed by atoms with Gasteiger partial charge in [0.1, 0.15) is 17.7 Å². The van der Waals surface area contributed by atoms with Crippen LogP contribution in [0.5, 0.6) is 0 Å². The Bertz CT molecular complexity index is 983. The molecule has 0 radical (unpaired) electrons. The largest absolute Gasteiger partial charge is 0.381 e. The zero-order valence-electron chi connectivity index (χ0n) is 15.4. The van der Waals surface area contributed by atoms with E-state index in [1.807, 2.05) is 23.2 Å². The van der Waals surface area contributed by atoms with Gasteiger partial charge in [-0.05, 0) is 20.3 Å². The van der Waals surface area contributed by atoms with E-state index < -0.39 is 0 Å². The molecular formula is C18H23N7O. The summed E-state index contributed by atoms with van der Waals surface area (Å²) in [5.74, 6) is 2.20. The Kier molecular flexibility index (Phi) is 3.49. The molecule has 5 heterocycles. The van der Waals surface area contributed by atoms with Crippen LogP contribution >= 0.6 is 0 Å². The van der Waals surface area contributed by atoms with Gasteiger partial charge in [-0.2, -0.15) is 10.2 Å². The Hall–Kier alpha value is -2.48. The summed E-state index contributed by atoms with van der Waals surface area (Å²) in [6, 6.07) is 0. The van der Waals surface area contributed by atoms with Crippen LogP contribution in [0.2, 0.25) is 0 Å². The number of nitrogens with zero attached hydrogens (tertiary/aromatic N) is 7. The van der Waals surface area contributed by atoms with Crippen molar-refractivity contribution in [2.75, 3.05) is 24.7 Å². The summed E-state index contributed by atoms with van der Waals surface area (Å²) >= 11 is 0. The van der Waals surface area contributed by atoms with E-state index in [9.17, 15) is 0 Å². The number of hydrogen-bond donors (Lipinski definition) is 0. The van der Waals surface area contributed by atoms with E-state index in [-0.39, 0.29) is 0 Å². The van der Waals surface area contributed by atoms with Crippen LogP contribution in [0.25, 0.3) is 5.52 Å². The number of hydrogen-bond acceptors (Lipinski definition) is 6. The summed E-state index contributed by atoms with van der Waals surface area (Å²) in [5.41, 5.74) is 5.86. The van der Waals surface area contributed by atoms with Crippen LogP contribution in [0.3, 0.4) is 0 Å². The molecule has 0 aromatic carbocycles. The van der Waals surface area contributed by atoms with E-state index in [1.165, 1.54) is 11.3 Å². The number of imidazole rings is 1. The zero-order chi connectivity index (χ0) is 17.8. The van der Waals surface area contributed by atoms with Crippen molar-refractivity contribution in [1.29, 1.82) is 0 Å². The van der Waals surface area contributed by atoms with Gasteiger partial charge in [0.05, 0.1) is 18.0 Å². The van der Waals surface area contributed by atoms with Crippen LogP contribution in [-0.2, 0) is 24.8 Å². The van der Waals surface area contributed by atoms with Crippen LogP contribution in [0.1, 0.15) is 40.8 Å². The van der Waals surface area contributed by atoms with Crippen molar-refractivity contribution in [3.8, 4) is 0 Å². The second kappa shape index (κ2) is 5.77. The van der Waals surface area contributed by atoms with Gasteiger partial charge in [0.15, 0.2) is 5.82 Å². The first kappa shape index (κ1) is 15.7. The number of fused-ring (bicyclic) bond motifs is 2. The fourth-order valence-corrected chi connectivity index (χ4v) is 4.31. The van der Waals surface area contributed by atoms with Gasteiger partial charge in [-0.25, -0.2) is 14.5 Å². The molecule has 0 bridgehead atoms. The summed E-state index contributed by atoms with van der Waals surface area (Å²) in [6.07, 6.45) is 3.61. The van der Waals surface area contributed by atoms with Gasteiger partial charge in [-0.1, -0.05) is 0 Å². The molecule has 0 N–H and O–H groups in total. The molecule has 3 aromatic heterocycles. The lowest BCUT2D eigenvalue weighted by Gasteiger charge is -2.29. The van der Waals surface area contributed by atoms with Crippen molar-refractivity contribution in [2.45, 2.75) is 39.2 Å². The monoisotopic (exact) mass is 353 g/mol. The average molecular weight is 353 g/mol. The molecule has 2 aliphatic heterocycles. The van der Waals surface area contributed by atoms with Crippen molar-refractivity contribution < 1.29 is 4.74 Å². The van der Waals surface area contributed by atoms with Crippen LogP contribution < -0.4 is 4.90 Å². The zero-order valence-corrected chi connectivity index (χ0v) is 15.4. The maximum Gasteiger partial charge on any atom is 0.158 e. The molecule has 136 valence electrons. The van der Waals surface area contributed by atoms with Crippen LogP contribution in [0.4, 0.5) is 5.82 Å². The normalized spacial score (nSPS) is 20.1. The molecule has 0 aliphatic carbocycles. The van der Waals surface area contributed by atoms with Gasteiger partial charge in [0, 0.05) is 50.3 Å². The third kappa shape index (κ3) is 2.25. The lowest BCUT2D eigenvalue weighted by molar-refractivity contribution is 0.193. The van der Waals surface area contributed by atoms with Crippen molar-refractivity contribution >= 4 is 11.3 Å². The Morgan fingerprint density at radius 3 is 2.96 bits per heavy atom. The highest BCUT2D eigenvalue weighted by Gasteiger charge is 2.29. The van der Waals surface area contributed by atoms with Crippen LogP contribution in [0, 0.1) is 13.8 Å². The molecular weight excluding hydrogens is 330 g/mol. The summed E-state index contributed by atoms with van der Waals surface area (Å²) < 4.78 is 9.55. The van der Waals surface area contributed by atoms with Crippen molar-refractivity contribution in [2.24, 2.45) is 7.05 Å². The molecule has 3 aromatic rings. The number of aryl methyl sites for hydroxylation is 3. The van der Waals surface area contributed by atoms with Crippen molar-refractivity contribution in [1.82, 2.24) is 29.4 Å². The third-order valence-electron chi connectivity index (χ3n) is 5.66. The third-order valence-corrected chi connectivity index (χ3v) is 5.66. The Balaban J connectivity index is 1.62. The van der Waals surface area contributed by atoms with E-state index in [1.54, 1.807) is 6.33 Å². The van der Waals surface area contributed by atoms with E-state index >= 15 is 0 Å². The fourth-order valence-electron chi connectivity index (χ4n) is 4.31. The number of rotatable bonds is 2. The molecule has 1 fully saturated rings. The number of ether oxygens (including phenoxy) is 1. The number of aromatic nitrogens is 6. The van der Waals surface area contributed by atoms with E-state index in [4.69, 9.17) is 9.72 Å². The van der Waals surface area contributed by atoms with Gasteiger partial charge in [-0.15, -0.1) is 0 Å². The minimum absolute atomic E-state index is 0.323. The molecule has 5 rings (SSSR count). The Morgan fingerprint density at radius 1 is 1.27 bits per heavy atom. The summed E-state index contributed by atoms with van der Waals surface area (Å²) in [5, 5.41) is 9.04. The highest BCUT2D eigenvalue weighted by molar-refractivity contribution is 5.73. The van der Waals surface area contributed by atoms with E-state index in [0.29, 0.717) is 5.92 Å². The maximum atomic E-state index is 5.61. The first-order valence-corrected chi connectivity index (χ1v) is 9.17. The molecule has 0 amide bonds. The molecule has 8 heteroatoms. The molecule has 1 saturated heterocycles. The highest BCUT2D eigenvalue weighted by Crippen LogP contribution is 2.34. The predicted octanol–water partition coefficient (Wildman–Crippen LogP) is 1.54. The van der Waals surface area contributed by atoms with E-state index in [0.717, 1.165) is 67.7 Å². The lowest BCUT2D eigenvalue weighted by Crippen LogP contribution is -2.32. The van der Waals surface area contributed by atoms with Gasteiger partial charge < -0.3 is 9.64 Å². The minimum atomic E-state index is 0.323. The maximum absolute atomic E-state index is 5.61. The fraction of sp³-hybridized carbons (Fsp3) is 0.556. The van der Waals surface area contributed by atoms with Gasteiger partial charge in [-0.3, -0.25) is 4.68 Å². The summed E-state index contributed by atoms with van der Waals surface area (Å²) in [6.45, 7) is 7.36. The van der Waals surface area contributed by atoms with Crippen LogP contribution in [-0.4, -0.2) is 49.1 Å². The van der Waals surface area contributed by atoms with Gasteiger partial charge in [0.25, 0.3) is 0 Å². The highest BCUT2D eigenvalue weighted by atomic mass is 16.5. The van der Waals surface area contributed by atoms with Crippen LogP contribution in [0.15, 0.2) is 6.33 Å². The second-order valence-corrected chi connectivity index (χ2v) is 7.25. The molecule has 1 atom stereocenters. The summed E-state index contributed by atoms with van der Waals surface area (Å²) in [7, 11) is 2.03. The standard InChI is InChI=1S/C18H23N7O/c1-11-14-8-24(6-4-15(14)23(3)22-11)18-17-16(13-5-7-26-9-13)21-12(2)25(17)20-10-19-18/h10,13H,4-9H2,1-3H3/t13-/m0/s1. The topological polar surface area (TPSA) is 73.4 Å². The molecule has 26 heavy (non-hydrogen) atoms. The first-order valence-electron chi connectivity index (χ1n) is 9.17. The van der Waals surface area contributed by atoms with Gasteiger partial charge >= 0.3 is 0 Å². The average Bonchev–Trinajstić information content (AvgIpc) is 3.35. The molecule has 0 saturated carbocycles. The molecule has 0 spiro atoms. The minimum Gasteiger partial charge on any atom is -0.381 e. The molecule has 0 unspecified atom stereocenters. The Labute approximate surface area is 151 Å². The number of anilines is 1. The predicted molar refractivity (Wildman–Crippen MR) is 96.4 cm³/mol. The van der Waals surface area contributed by atoms with Crippen molar-refractivity contribution in [3.05, 3.63) is 34.8 Å². The Morgan fingerprint density at radius 2 is 2.15 bits per heavy atom. The molecule has 2 aliphatic rings. The molecule has 8 nitrogen and oxygen atoms in total. The SMILES string of the molecule is Cc1nn(C)c2c1CN(c1ncnn3c(C)nc([C@H]4CCOC4)c13)CC2.